The van der Waals surface area contributed by atoms with Crippen LogP contribution in [0.3, 0.4) is 0 Å². The molecule has 0 aromatic heterocycles. The van der Waals surface area contributed by atoms with E-state index in [1.807, 2.05) is 12.2 Å². The first-order valence-corrected chi connectivity index (χ1v) is 9.96. The highest BCUT2D eigenvalue weighted by atomic mass is 28.3. The molecule has 0 saturated carbocycles. The van der Waals surface area contributed by atoms with Crippen LogP contribution in [0.5, 0.6) is 0 Å². The summed E-state index contributed by atoms with van der Waals surface area (Å²) >= 11 is 0. The van der Waals surface area contributed by atoms with Crippen molar-refractivity contribution in [3.63, 3.8) is 0 Å². The molecule has 0 saturated heterocycles. The Morgan fingerprint density at radius 1 is 1.44 bits per heavy atom. The van der Waals surface area contributed by atoms with Gasteiger partial charge >= 0.3 is 0 Å². The number of rotatable bonds is 5. The predicted molar refractivity (Wildman–Crippen MR) is 72.0 cm³/mol. The van der Waals surface area contributed by atoms with Gasteiger partial charge in [0.05, 0.1) is 12.8 Å². The summed E-state index contributed by atoms with van der Waals surface area (Å²) in [7, 11) is -1.02. The largest absolute Gasteiger partial charge is 0.330 e. The third kappa shape index (κ3) is 3.23. The van der Waals surface area contributed by atoms with E-state index in [4.69, 9.17) is 4.74 Å². The predicted octanol–water partition coefficient (Wildman–Crippen LogP) is 0.646. The van der Waals surface area contributed by atoms with Crippen molar-refractivity contribution in [3.8, 4) is 0 Å². The number of ether oxygens (including phenoxy) is 1. The Hall–Kier alpha value is -1.08. The van der Waals surface area contributed by atoms with E-state index in [-0.39, 0.29) is 0 Å². The second-order valence-corrected chi connectivity index (χ2v) is 11.4. The minimum atomic E-state index is -1.02. The molecule has 0 aromatic carbocycles. The molecule has 1 unspecified atom stereocenters. The molecule has 2 aliphatic heterocycles. The molecule has 6 heteroatoms. The standard InChI is InChI=1S/C12H21N3O2Si/c1-18(2,3)8-7-17-10-14-11-5-4-6-15(16)12(11)9-13-14/h4-6,9,13,16H,7-8,10H2,1-3H3/p+1. The van der Waals surface area contributed by atoms with Crippen molar-refractivity contribution in [1.82, 2.24) is 10.5 Å². The quantitative estimate of drug-likeness (QED) is 0.506. The fourth-order valence-corrected chi connectivity index (χ4v) is 2.57. The fourth-order valence-electron chi connectivity index (χ4n) is 1.81. The van der Waals surface area contributed by atoms with Gasteiger partial charge in [0.25, 0.3) is 0 Å². The molecule has 100 valence electrons. The minimum absolute atomic E-state index is 0.567. The second kappa shape index (κ2) is 5.27. The normalized spacial score (nSPS) is 22.4. The number of quaternary nitrogens is 1. The summed E-state index contributed by atoms with van der Waals surface area (Å²) < 4.78 is 5.71. The van der Waals surface area contributed by atoms with Gasteiger partial charge in [0.15, 0.2) is 11.4 Å². The molecular formula is C12H22N3O2Si+. The van der Waals surface area contributed by atoms with Gasteiger partial charge in [-0.1, -0.05) is 19.6 Å². The Labute approximate surface area is 109 Å². The minimum Gasteiger partial charge on any atom is -0.330 e. The Kier molecular flexibility index (Phi) is 3.91. The Morgan fingerprint density at radius 2 is 2.22 bits per heavy atom. The number of hydroxylamine groups is 2. The van der Waals surface area contributed by atoms with Crippen LogP contribution < -0.4 is 10.4 Å². The van der Waals surface area contributed by atoms with Gasteiger partial charge in [0.1, 0.15) is 0 Å². The van der Waals surface area contributed by atoms with Crippen LogP contribution in [0.25, 0.3) is 0 Å². The molecule has 18 heavy (non-hydrogen) atoms. The van der Waals surface area contributed by atoms with Crippen LogP contribution >= 0.6 is 0 Å². The van der Waals surface area contributed by atoms with Crippen LogP contribution in [0.4, 0.5) is 0 Å². The zero-order valence-corrected chi connectivity index (χ0v) is 12.2. The van der Waals surface area contributed by atoms with E-state index < -0.39 is 8.07 Å². The maximum atomic E-state index is 9.62. The van der Waals surface area contributed by atoms with Crippen molar-refractivity contribution < 1.29 is 15.0 Å². The van der Waals surface area contributed by atoms with E-state index in [2.05, 4.69) is 25.1 Å². The molecule has 0 bridgehead atoms. The Bertz CT molecular complexity index is 399. The molecule has 2 aliphatic rings. The third-order valence-corrected chi connectivity index (χ3v) is 4.67. The van der Waals surface area contributed by atoms with E-state index in [9.17, 15) is 5.21 Å². The summed E-state index contributed by atoms with van der Waals surface area (Å²) in [6, 6.07) is 1.17. The van der Waals surface area contributed by atoms with Crippen molar-refractivity contribution in [2.75, 3.05) is 13.3 Å². The van der Waals surface area contributed by atoms with Crippen molar-refractivity contribution in [2.45, 2.75) is 25.7 Å². The molecule has 2 rings (SSSR count). The van der Waals surface area contributed by atoms with Gasteiger partial charge in [0.2, 0.25) is 6.73 Å². The van der Waals surface area contributed by atoms with Gasteiger partial charge in [-0.15, -0.1) is 0 Å². The van der Waals surface area contributed by atoms with Crippen molar-refractivity contribution >= 4 is 8.07 Å². The number of nitrogens with one attached hydrogen (secondary N) is 2. The number of hydrogen-bond donors (Lipinski definition) is 3. The molecule has 0 amide bonds. The first kappa shape index (κ1) is 13.4. The van der Waals surface area contributed by atoms with Crippen LogP contribution in [-0.4, -0.2) is 31.7 Å². The SMILES string of the molecule is C[Si](C)(C)CCOC[NH+]1NC=C2C1=CC=CN2O. The lowest BCUT2D eigenvalue weighted by Gasteiger charge is -2.20. The number of hydrogen-bond acceptors (Lipinski definition) is 4. The van der Waals surface area contributed by atoms with Gasteiger partial charge in [-0.2, -0.15) is 5.01 Å². The monoisotopic (exact) mass is 268 g/mol. The highest BCUT2D eigenvalue weighted by molar-refractivity contribution is 6.76. The Balaban J connectivity index is 1.79. The van der Waals surface area contributed by atoms with Gasteiger partial charge in [-0.3, -0.25) is 5.21 Å². The summed E-state index contributed by atoms with van der Waals surface area (Å²) in [4.78, 5) is 0. The molecule has 0 aliphatic carbocycles. The van der Waals surface area contributed by atoms with E-state index in [1.54, 1.807) is 12.4 Å². The zero-order chi connectivity index (χ0) is 13.2. The summed E-state index contributed by atoms with van der Waals surface area (Å²) in [5.41, 5.74) is 4.94. The van der Waals surface area contributed by atoms with Crippen molar-refractivity contribution in [3.05, 3.63) is 35.9 Å². The van der Waals surface area contributed by atoms with Crippen LogP contribution in [0.2, 0.25) is 25.7 Å². The van der Waals surface area contributed by atoms with Gasteiger partial charge < -0.3 is 4.74 Å². The summed E-state index contributed by atoms with van der Waals surface area (Å²) in [6.45, 7) is 8.40. The van der Waals surface area contributed by atoms with Crippen molar-refractivity contribution in [2.24, 2.45) is 0 Å². The zero-order valence-electron chi connectivity index (χ0n) is 11.2. The maximum Gasteiger partial charge on any atom is 0.208 e. The second-order valence-electron chi connectivity index (χ2n) is 5.78. The van der Waals surface area contributed by atoms with E-state index >= 15 is 0 Å². The number of nitrogens with zero attached hydrogens (tertiary/aromatic N) is 1. The lowest BCUT2D eigenvalue weighted by molar-refractivity contribution is -0.914. The highest BCUT2D eigenvalue weighted by Crippen LogP contribution is 2.15. The van der Waals surface area contributed by atoms with E-state index in [0.29, 0.717) is 6.73 Å². The lowest BCUT2D eigenvalue weighted by Crippen LogP contribution is -3.15. The lowest BCUT2D eigenvalue weighted by atomic mass is 10.2. The van der Waals surface area contributed by atoms with Gasteiger partial charge in [0, 0.05) is 20.3 Å². The maximum absolute atomic E-state index is 9.62. The van der Waals surface area contributed by atoms with Crippen LogP contribution in [-0.2, 0) is 4.74 Å². The summed E-state index contributed by atoms with van der Waals surface area (Å²) in [6.07, 6.45) is 7.22. The van der Waals surface area contributed by atoms with Crippen LogP contribution in [0.15, 0.2) is 35.9 Å². The fraction of sp³-hybridized carbons (Fsp3) is 0.500. The summed E-state index contributed by atoms with van der Waals surface area (Å²) in [5, 5.41) is 11.8. The number of fused-ring (bicyclic) bond motifs is 1. The average Bonchev–Trinajstić information content (AvgIpc) is 2.68. The molecule has 0 aromatic rings. The molecule has 0 radical (unpaired) electrons. The third-order valence-electron chi connectivity index (χ3n) is 2.96. The first-order valence-electron chi connectivity index (χ1n) is 6.25. The summed E-state index contributed by atoms with van der Waals surface area (Å²) in [5.74, 6) is 0. The van der Waals surface area contributed by atoms with Crippen LogP contribution in [0, 0.1) is 0 Å². The Morgan fingerprint density at radius 3 is 2.94 bits per heavy atom. The van der Waals surface area contributed by atoms with Gasteiger partial charge in [-0.05, 0) is 12.1 Å². The molecule has 1 atom stereocenters. The highest BCUT2D eigenvalue weighted by Gasteiger charge is 2.30. The van der Waals surface area contributed by atoms with Crippen LogP contribution in [0.1, 0.15) is 0 Å². The van der Waals surface area contributed by atoms with Gasteiger partial charge in [-0.25, -0.2) is 10.5 Å². The molecule has 0 fully saturated rings. The van der Waals surface area contributed by atoms with E-state index in [0.717, 1.165) is 28.1 Å². The topological polar surface area (TPSA) is 49.2 Å². The molecular weight excluding hydrogens is 246 g/mol. The molecule has 0 spiro atoms. The molecule has 5 nitrogen and oxygen atoms in total. The van der Waals surface area contributed by atoms with Crippen molar-refractivity contribution in [1.29, 1.82) is 0 Å². The molecule has 2 heterocycles. The smallest absolute Gasteiger partial charge is 0.208 e. The average molecular weight is 268 g/mol. The number of allylic oxidation sites excluding steroid dienone is 2. The van der Waals surface area contributed by atoms with E-state index in [1.165, 1.54) is 6.04 Å². The molecule has 3 N–H and O–H groups in total. The first-order chi connectivity index (χ1) is 8.47.